The third kappa shape index (κ3) is 2.30. The average molecular weight is 238 g/mol. The van der Waals surface area contributed by atoms with E-state index in [2.05, 4.69) is 4.98 Å². The molecule has 15 heavy (non-hydrogen) atoms. The Labute approximate surface area is 88.0 Å². The molecule has 0 spiro atoms. The summed E-state index contributed by atoms with van der Waals surface area (Å²) in [6.45, 7) is 0. The fourth-order valence-electron chi connectivity index (χ4n) is 1.000. The van der Waals surface area contributed by atoms with Gasteiger partial charge in [-0.15, -0.1) is 11.6 Å². The summed E-state index contributed by atoms with van der Waals surface area (Å²) in [4.78, 5) is 13.0. The van der Waals surface area contributed by atoms with Crippen LogP contribution in [-0.4, -0.2) is 9.91 Å². The van der Waals surface area contributed by atoms with Gasteiger partial charge in [0.05, 0.1) is 16.5 Å². The molecule has 0 radical (unpaired) electrons. The van der Waals surface area contributed by atoms with Crippen LogP contribution < -0.4 is 5.73 Å². The second kappa shape index (κ2) is 4.35. The van der Waals surface area contributed by atoms with E-state index in [0.717, 1.165) is 6.07 Å². The van der Waals surface area contributed by atoms with Crippen LogP contribution >= 0.6 is 11.6 Å². The summed E-state index contributed by atoms with van der Waals surface area (Å²) >= 11 is 5.36. The SMILES string of the molecule is Nc1c([N+](=O)[O-])cc(CCl)nc1C(F)F. The minimum absolute atomic E-state index is 0.00660. The summed E-state index contributed by atoms with van der Waals surface area (Å²) in [5.41, 5.74) is 3.15. The molecule has 0 aliphatic rings. The highest BCUT2D eigenvalue weighted by molar-refractivity contribution is 6.16. The Morgan fingerprint density at radius 1 is 1.67 bits per heavy atom. The second-order valence-electron chi connectivity index (χ2n) is 2.62. The molecule has 0 fully saturated rings. The van der Waals surface area contributed by atoms with Crippen LogP contribution in [0.3, 0.4) is 0 Å². The maximum atomic E-state index is 12.4. The van der Waals surface area contributed by atoms with Crippen LogP contribution in [0.2, 0.25) is 0 Å². The van der Waals surface area contributed by atoms with Gasteiger partial charge in [-0.3, -0.25) is 10.1 Å². The number of aromatic nitrogens is 1. The van der Waals surface area contributed by atoms with Gasteiger partial charge in [0, 0.05) is 6.07 Å². The lowest BCUT2D eigenvalue weighted by Gasteiger charge is -2.05. The van der Waals surface area contributed by atoms with Crippen LogP contribution in [0.25, 0.3) is 0 Å². The normalized spacial score (nSPS) is 10.7. The molecular weight excluding hydrogens is 232 g/mol. The van der Waals surface area contributed by atoms with Crippen molar-refractivity contribution in [2.45, 2.75) is 12.3 Å². The molecule has 0 saturated carbocycles. The molecule has 0 aliphatic carbocycles. The average Bonchev–Trinajstić information content (AvgIpc) is 2.17. The lowest BCUT2D eigenvalue weighted by molar-refractivity contribution is -0.384. The number of nitrogen functional groups attached to an aromatic ring is 1. The molecule has 8 heteroatoms. The first-order chi connectivity index (χ1) is 6.97. The molecule has 0 unspecified atom stereocenters. The maximum absolute atomic E-state index is 12.4. The number of hydrogen-bond donors (Lipinski definition) is 1. The Morgan fingerprint density at radius 3 is 2.67 bits per heavy atom. The van der Waals surface area contributed by atoms with Gasteiger partial charge in [0.15, 0.2) is 0 Å². The van der Waals surface area contributed by atoms with Crippen LogP contribution in [0.5, 0.6) is 0 Å². The number of nitrogens with two attached hydrogens (primary N) is 1. The van der Waals surface area contributed by atoms with Crippen molar-refractivity contribution in [1.29, 1.82) is 0 Å². The standard InChI is InChI=1S/C7H6ClF2N3O2/c8-2-3-1-4(13(14)15)5(11)6(12-3)7(9)10/h1,7H,2,11H2. The predicted octanol–water partition coefficient (Wildman–Crippen LogP) is 2.25. The van der Waals surface area contributed by atoms with Crippen LogP contribution in [0.15, 0.2) is 6.07 Å². The Morgan fingerprint density at radius 2 is 2.27 bits per heavy atom. The lowest BCUT2D eigenvalue weighted by Crippen LogP contribution is -2.05. The van der Waals surface area contributed by atoms with Crippen LogP contribution in [0, 0.1) is 10.1 Å². The third-order valence-corrected chi connectivity index (χ3v) is 1.93. The second-order valence-corrected chi connectivity index (χ2v) is 2.89. The molecule has 0 saturated heterocycles. The van der Waals surface area contributed by atoms with E-state index < -0.39 is 28.4 Å². The summed E-state index contributed by atoms with van der Waals surface area (Å²) in [5, 5.41) is 10.5. The quantitative estimate of drug-likeness (QED) is 0.497. The first kappa shape index (κ1) is 11.6. The predicted molar refractivity (Wildman–Crippen MR) is 49.8 cm³/mol. The topological polar surface area (TPSA) is 82.0 Å². The first-order valence-corrected chi connectivity index (χ1v) is 4.28. The monoisotopic (exact) mass is 237 g/mol. The number of alkyl halides is 3. The summed E-state index contributed by atoms with van der Waals surface area (Å²) in [7, 11) is 0. The molecular formula is C7H6ClF2N3O2. The van der Waals surface area contributed by atoms with Gasteiger partial charge >= 0.3 is 0 Å². The van der Waals surface area contributed by atoms with Gasteiger partial charge in [-0.2, -0.15) is 0 Å². The van der Waals surface area contributed by atoms with Crippen molar-refractivity contribution in [1.82, 2.24) is 4.98 Å². The summed E-state index contributed by atoms with van der Waals surface area (Å²) < 4.78 is 24.8. The number of nitro groups is 1. The van der Waals surface area contributed by atoms with E-state index >= 15 is 0 Å². The number of rotatable bonds is 3. The zero-order chi connectivity index (χ0) is 11.6. The van der Waals surface area contributed by atoms with Crippen molar-refractivity contribution < 1.29 is 13.7 Å². The van der Waals surface area contributed by atoms with Crippen molar-refractivity contribution in [3.63, 3.8) is 0 Å². The van der Waals surface area contributed by atoms with Crippen molar-refractivity contribution >= 4 is 23.0 Å². The van der Waals surface area contributed by atoms with Crippen LogP contribution in [0.4, 0.5) is 20.2 Å². The van der Waals surface area contributed by atoms with Crippen molar-refractivity contribution in [3.05, 3.63) is 27.6 Å². The molecule has 0 atom stereocenters. The molecule has 0 amide bonds. The Hall–Kier alpha value is -1.50. The molecule has 1 rings (SSSR count). The number of halogens is 3. The number of pyridine rings is 1. The van der Waals surface area contributed by atoms with E-state index in [1.54, 1.807) is 0 Å². The van der Waals surface area contributed by atoms with Gasteiger partial charge in [0.25, 0.3) is 12.1 Å². The van der Waals surface area contributed by atoms with Crippen molar-refractivity contribution in [2.24, 2.45) is 0 Å². The molecule has 0 aliphatic heterocycles. The number of anilines is 1. The fourth-order valence-corrected chi connectivity index (χ4v) is 1.14. The van der Waals surface area contributed by atoms with Gasteiger partial charge in [-0.25, -0.2) is 13.8 Å². The summed E-state index contributed by atoms with van der Waals surface area (Å²) in [6.07, 6.45) is -2.97. The molecule has 2 N–H and O–H groups in total. The Balaban J connectivity index is 3.40. The Bertz CT molecular complexity index is 400. The van der Waals surface area contributed by atoms with Gasteiger partial charge in [-0.1, -0.05) is 0 Å². The van der Waals surface area contributed by atoms with Gasteiger partial charge in [0.1, 0.15) is 11.4 Å². The molecule has 0 aromatic carbocycles. The molecule has 1 aromatic rings. The van der Waals surface area contributed by atoms with E-state index in [9.17, 15) is 18.9 Å². The van der Waals surface area contributed by atoms with Crippen molar-refractivity contribution in [2.75, 3.05) is 5.73 Å². The minimum atomic E-state index is -2.97. The van der Waals surface area contributed by atoms with Crippen molar-refractivity contribution in [3.8, 4) is 0 Å². The highest BCUT2D eigenvalue weighted by atomic mass is 35.5. The Kier molecular flexibility index (Phi) is 3.35. The maximum Gasteiger partial charge on any atom is 0.296 e. The zero-order valence-corrected chi connectivity index (χ0v) is 8.04. The van der Waals surface area contributed by atoms with Gasteiger partial charge in [0.2, 0.25) is 0 Å². The van der Waals surface area contributed by atoms with E-state index in [1.165, 1.54) is 0 Å². The van der Waals surface area contributed by atoms with E-state index in [4.69, 9.17) is 17.3 Å². The van der Waals surface area contributed by atoms with Crippen LogP contribution in [0.1, 0.15) is 17.8 Å². The number of nitrogens with zero attached hydrogens (tertiary/aromatic N) is 2. The number of hydrogen-bond acceptors (Lipinski definition) is 4. The van der Waals surface area contributed by atoms with E-state index in [-0.39, 0.29) is 11.6 Å². The highest BCUT2D eigenvalue weighted by Crippen LogP contribution is 2.31. The highest BCUT2D eigenvalue weighted by Gasteiger charge is 2.23. The third-order valence-electron chi connectivity index (χ3n) is 1.66. The largest absolute Gasteiger partial charge is 0.391 e. The summed E-state index contributed by atoms with van der Waals surface area (Å²) in [6, 6.07) is 0.980. The van der Waals surface area contributed by atoms with Gasteiger partial charge < -0.3 is 5.73 Å². The molecule has 82 valence electrons. The molecule has 5 nitrogen and oxygen atoms in total. The fraction of sp³-hybridized carbons (Fsp3) is 0.286. The lowest BCUT2D eigenvalue weighted by atomic mass is 10.2. The molecule has 1 aromatic heterocycles. The molecule has 1 heterocycles. The van der Waals surface area contributed by atoms with E-state index in [0.29, 0.717) is 0 Å². The smallest absolute Gasteiger partial charge is 0.296 e. The zero-order valence-electron chi connectivity index (χ0n) is 7.28. The van der Waals surface area contributed by atoms with Crippen LogP contribution in [-0.2, 0) is 5.88 Å². The van der Waals surface area contributed by atoms with Gasteiger partial charge in [-0.05, 0) is 0 Å². The molecule has 0 bridgehead atoms. The first-order valence-electron chi connectivity index (χ1n) is 3.75. The summed E-state index contributed by atoms with van der Waals surface area (Å²) in [5.74, 6) is -0.194. The van der Waals surface area contributed by atoms with E-state index in [1.807, 2.05) is 0 Å². The minimum Gasteiger partial charge on any atom is -0.391 e.